The van der Waals surface area contributed by atoms with Crippen molar-refractivity contribution in [2.75, 3.05) is 13.1 Å². The van der Waals surface area contributed by atoms with Gasteiger partial charge in [0.05, 0.1) is 11.1 Å². The maximum Gasteiger partial charge on any atom is 0.254 e. The van der Waals surface area contributed by atoms with Crippen LogP contribution in [0.15, 0.2) is 30.5 Å². The summed E-state index contributed by atoms with van der Waals surface area (Å²) in [6, 6.07) is 6.98. The second-order valence-electron chi connectivity index (χ2n) is 5.48. The lowest BCUT2D eigenvalue weighted by atomic mass is 10.1. The summed E-state index contributed by atoms with van der Waals surface area (Å²) in [7, 11) is 0. The van der Waals surface area contributed by atoms with Crippen molar-refractivity contribution in [3.05, 3.63) is 36.0 Å². The van der Waals surface area contributed by atoms with E-state index in [2.05, 4.69) is 10.3 Å². The van der Waals surface area contributed by atoms with Gasteiger partial charge in [0.25, 0.3) is 5.91 Å². The van der Waals surface area contributed by atoms with Gasteiger partial charge in [0.15, 0.2) is 0 Å². The lowest BCUT2D eigenvalue weighted by Crippen LogP contribution is -2.46. The van der Waals surface area contributed by atoms with Gasteiger partial charge in [0.1, 0.15) is 6.04 Å². The Morgan fingerprint density at radius 1 is 1.24 bits per heavy atom. The van der Waals surface area contributed by atoms with Crippen LogP contribution in [0.5, 0.6) is 0 Å². The van der Waals surface area contributed by atoms with Crippen molar-refractivity contribution in [1.82, 2.24) is 15.2 Å². The van der Waals surface area contributed by atoms with Crippen LogP contribution >= 0.6 is 0 Å². The average molecular weight is 285 g/mol. The third-order valence-electron chi connectivity index (χ3n) is 3.97. The third kappa shape index (κ3) is 2.63. The molecule has 2 amide bonds. The zero-order valence-corrected chi connectivity index (χ0v) is 12.1. The number of likely N-dealkylation sites (tertiary alicyclic amines) is 1. The normalized spacial score (nSPS) is 16.1. The van der Waals surface area contributed by atoms with Crippen molar-refractivity contribution < 1.29 is 9.59 Å². The van der Waals surface area contributed by atoms with Gasteiger partial charge in [-0.25, -0.2) is 0 Å². The molecule has 0 spiro atoms. The molecule has 2 aromatic rings. The molecule has 5 heteroatoms. The van der Waals surface area contributed by atoms with E-state index in [0.717, 1.165) is 36.8 Å². The number of aromatic nitrogens is 1. The molecule has 0 aliphatic carbocycles. The van der Waals surface area contributed by atoms with Crippen molar-refractivity contribution in [3.8, 4) is 0 Å². The minimum atomic E-state index is -0.499. The number of para-hydroxylation sites is 1. The summed E-state index contributed by atoms with van der Waals surface area (Å²) < 4.78 is 0. The molecule has 1 unspecified atom stereocenters. The highest BCUT2D eigenvalue weighted by Gasteiger charge is 2.25. The Balaban J connectivity index is 1.73. The SMILES string of the molecule is CC(NC(=O)c1cccc2cc[nH]c12)C(=O)N1CCCC1. The molecule has 1 aliphatic rings. The summed E-state index contributed by atoms with van der Waals surface area (Å²) in [6.07, 6.45) is 3.91. The maximum absolute atomic E-state index is 12.4. The second-order valence-corrected chi connectivity index (χ2v) is 5.48. The molecule has 1 aromatic heterocycles. The molecule has 1 saturated heterocycles. The standard InChI is InChI=1S/C16H19N3O2/c1-11(16(21)19-9-2-3-10-19)18-15(20)13-6-4-5-12-7-8-17-14(12)13/h4-8,11,17H,2-3,9-10H2,1H3,(H,18,20). The number of hydrogen-bond acceptors (Lipinski definition) is 2. The summed E-state index contributed by atoms with van der Waals surface area (Å²) in [5.41, 5.74) is 1.37. The minimum Gasteiger partial charge on any atom is -0.361 e. The number of fused-ring (bicyclic) bond motifs is 1. The smallest absolute Gasteiger partial charge is 0.254 e. The summed E-state index contributed by atoms with van der Waals surface area (Å²) in [4.78, 5) is 29.5. The first-order chi connectivity index (χ1) is 10.2. The van der Waals surface area contributed by atoms with Crippen molar-refractivity contribution in [2.45, 2.75) is 25.8 Å². The first kappa shape index (κ1) is 13.7. The Labute approximate surface area is 123 Å². The number of carbonyl (C=O) groups excluding carboxylic acids is 2. The molecule has 2 heterocycles. The van der Waals surface area contributed by atoms with Gasteiger partial charge in [-0.2, -0.15) is 0 Å². The molecule has 1 fully saturated rings. The fourth-order valence-electron chi connectivity index (χ4n) is 2.82. The summed E-state index contributed by atoms with van der Waals surface area (Å²) in [6.45, 7) is 3.34. The average Bonchev–Trinajstić information content (AvgIpc) is 3.16. The fraction of sp³-hybridized carbons (Fsp3) is 0.375. The number of aromatic amines is 1. The van der Waals surface area contributed by atoms with E-state index in [1.165, 1.54) is 0 Å². The molecule has 1 aromatic carbocycles. The molecule has 1 aliphatic heterocycles. The van der Waals surface area contributed by atoms with Crippen molar-refractivity contribution in [3.63, 3.8) is 0 Å². The number of benzene rings is 1. The minimum absolute atomic E-state index is 0.000453. The van der Waals surface area contributed by atoms with Crippen LogP contribution in [0, 0.1) is 0 Å². The molecule has 0 radical (unpaired) electrons. The zero-order valence-electron chi connectivity index (χ0n) is 12.1. The lowest BCUT2D eigenvalue weighted by molar-refractivity contribution is -0.131. The number of nitrogens with one attached hydrogen (secondary N) is 2. The topological polar surface area (TPSA) is 65.2 Å². The molecule has 0 bridgehead atoms. The number of H-pyrrole nitrogens is 1. The van der Waals surface area contributed by atoms with E-state index in [0.29, 0.717) is 5.56 Å². The lowest BCUT2D eigenvalue weighted by Gasteiger charge is -2.21. The highest BCUT2D eigenvalue weighted by molar-refractivity contribution is 6.06. The third-order valence-corrected chi connectivity index (χ3v) is 3.97. The number of hydrogen-bond donors (Lipinski definition) is 2. The highest BCUT2D eigenvalue weighted by Crippen LogP contribution is 2.17. The predicted molar refractivity (Wildman–Crippen MR) is 81.0 cm³/mol. The van der Waals surface area contributed by atoms with Crippen LogP contribution in [0.4, 0.5) is 0 Å². The van der Waals surface area contributed by atoms with Crippen LogP contribution in [0.2, 0.25) is 0 Å². The quantitative estimate of drug-likeness (QED) is 0.904. The molecule has 1 atom stereocenters. The largest absolute Gasteiger partial charge is 0.361 e. The molecular formula is C16H19N3O2. The van der Waals surface area contributed by atoms with Crippen LogP contribution in [-0.4, -0.2) is 40.8 Å². The van der Waals surface area contributed by atoms with E-state index >= 15 is 0 Å². The van der Waals surface area contributed by atoms with Crippen LogP contribution < -0.4 is 5.32 Å². The zero-order chi connectivity index (χ0) is 14.8. The Bertz CT molecular complexity index is 671. The Kier molecular flexibility index (Phi) is 3.64. The van der Waals surface area contributed by atoms with Gasteiger partial charge >= 0.3 is 0 Å². The molecule has 3 rings (SSSR count). The van der Waals surface area contributed by atoms with Gasteiger partial charge in [-0.3, -0.25) is 9.59 Å². The number of rotatable bonds is 3. The molecule has 0 saturated carbocycles. The number of nitrogens with zero attached hydrogens (tertiary/aromatic N) is 1. The van der Waals surface area contributed by atoms with E-state index < -0.39 is 6.04 Å². The Morgan fingerprint density at radius 3 is 2.76 bits per heavy atom. The monoisotopic (exact) mass is 285 g/mol. The molecule has 5 nitrogen and oxygen atoms in total. The number of carbonyl (C=O) groups is 2. The Hall–Kier alpha value is -2.30. The second kappa shape index (κ2) is 5.60. The fourth-order valence-corrected chi connectivity index (χ4v) is 2.82. The van der Waals surface area contributed by atoms with E-state index in [1.807, 2.05) is 23.1 Å². The van der Waals surface area contributed by atoms with Gasteiger partial charge in [0.2, 0.25) is 5.91 Å². The van der Waals surface area contributed by atoms with Crippen LogP contribution in [0.3, 0.4) is 0 Å². The summed E-state index contributed by atoms with van der Waals surface area (Å²) >= 11 is 0. The first-order valence-corrected chi connectivity index (χ1v) is 7.32. The summed E-state index contributed by atoms with van der Waals surface area (Å²) in [5, 5.41) is 3.79. The van der Waals surface area contributed by atoms with Gasteiger partial charge < -0.3 is 15.2 Å². The van der Waals surface area contributed by atoms with Crippen LogP contribution in [0.25, 0.3) is 10.9 Å². The first-order valence-electron chi connectivity index (χ1n) is 7.32. The van der Waals surface area contributed by atoms with E-state index in [1.54, 1.807) is 19.2 Å². The van der Waals surface area contributed by atoms with E-state index in [9.17, 15) is 9.59 Å². The number of amides is 2. The molecule has 21 heavy (non-hydrogen) atoms. The molecule has 2 N–H and O–H groups in total. The highest BCUT2D eigenvalue weighted by atomic mass is 16.2. The predicted octanol–water partition coefficient (Wildman–Crippen LogP) is 1.91. The van der Waals surface area contributed by atoms with E-state index in [-0.39, 0.29) is 11.8 Å². The van der Waals surface area contributed by atoms with Crippen LogP contribution in [-0.2, 0) is 4.79 Å². The van der Waals surface area contributed by atoms with Crippen molar-refractivity contribution in [2.24, 2.45) is 0 Å². The summed E-state index contributed by atoms with van der Waals surface area (Å²) in [5.74, 6) is -0.220. The maximum atomic E-state index is 12.4. The van der Waals surface area contributed by atoms with Crippen LogP contribution in [0.1, 0.15) is 30.1 Å². The van der Waals surface area contributed by atoms with E-state index in [4.69, 9.17) is 0 Å². The van der Waals surface area contributed by atoms with Gasteiger partial charge in [-0.1, -0.05) is 12.1 Å². The Morgan fingerprint density at radius 2 is 2.00 bits per heavy atom. The van der Waals surface area contributed by atoms with Crippen molar-refractivity contribution >= 4 is 22.7 Å². The van der Waals surface area contributed by atoms with Crippen molar-refractivity contribution in [1.29, 1.82) is 0 Å². The van der Waals surface area contributed by atoms with Gasteiger partial charge in [-0.15, -0.1) is 0 Å². The van der Waals surface area contributed by atoms with Gasteiger partial charge in [-0.05, 0) is 31.9 Å². The molecule has 110 valence electrons. The van der Waals surface area contributed by atoms with Gasteiger partial charge in [0, 0.05) is 24.7 Å². The molecular weight excluding hydrogens is 266 g/mol.